The van der Waals surface area contributed by atoms with E-state index in [2.05, 4.69) is 4.74 Å². The summed E-state index contributed by atoms with van der Waals surface area (Å²) in [6, 6.07) is 0. The van der Waals surface area contributed by atoms with E-state index < -0.39 is 17.4 Å². The molecule has 0 aliphatic carbocycles. The maximum atomic E-state index is 11.4. The number of alkyl halides is 1. The molecule has 0 N–H and O–H groups in total. The summed E-state index contributed by atoms with van der Waals surface area (Å²) >= 11 is 5.50. The van der Waals surface area contributed by atoms with Crippen molar-refractivity contribution < 1.29 is 19.1 Å². The van der Waals surface area contributed by atoms with Gasteiger partial charge in [-0.15, -0.1) is 11.6 Å². The minimum atomic E-state index is -0.810. The zero-order valence-corrected chi connectivity index (χ0v) is 9.89. The van der Waals surface area contributed by atoms with Crippen LogP contribution in [0.2, 0.25) is 0 Å². The second-order valence-corrected chi connectivity index (χ2v) is 4.34. The maximum Gasteiger partial charge on any atom is 0.320 e. The van der Waals surface area contributed by atoms with E-state index in [-0.39, 0.29) is 12.2 Å². The Balaban J connectivity index is 4.24. The third kappa shape index (κ3) is 5.52. The number of ketones is 1. The third-order valence-corrected chi connectivity index (χ3v) is 2.06. The standard InChI is InChI=1S/C10H15ClO4/c1-7(12)6-8(13)15-9(14)10(2,3)4-5-11/h4-6H2,1-3H3. The summed E-state index contributed by atoms with van der Waals surface area (Å²) in [5, 5.41) is 0. The molecule has 86 valence electrons. The Morgan fingerprint density at radius 1 is 1.27 bits per heavy atom. The highest BCUT2D eigenvalue weighted by atomic mass is 35.5. The predicted molar refractivity (Wildman–Crippen MR) is 55.5 cm³/mol. The Morgan fingerprint density at radius 2 is 1.80 bits per heavy atom. The number of esters is 2. The zero-order valence-electron chi connectivity index (χ0n) is 9.13. The second-order valence-electron chi connectivity index (χ2n) is 3.96. The van der Waals surface area contributed by atoms with E-state index in [1.807, 2.05) is 0 Å². The van der Waals surface area contributed by atoms with Crippen LogP contribution in [0.5, 0.6) is 0 Å². The molecule has 0 spiro atoms. The molecular weight excluding hydrogens is 220 g/mol. The van der Waals surface area contributed by atoms with Crippen LogP contribution in [0.1, 0.15) is 33.6 Å². The third-order valence-electron chi connectivity index (χ3n) is 1.87. The molecule has 0 atom stereocenters. The highest BCUT2D eigenvalue weighted by molar-refractivity contribution is 6.18. The number of hydrogen-bond donors (Lipinski definition) is 0. The molecule has 4 nitrogen and oxygen atoms in total. The Labute approximate surface area is 93.9 Å². The summed E-state index contributed by atoms with van der Waals surface area (Å²) in [5.41, 5.74) is -0.797. The number of rotatable bonds is 5. The summed E-state index contributed by atoms with van der Waals surface area (Å²) in [7, 11) is 0. The van der Waals surface area contributed by atoms with E-state index >= 15 is 0 Å². The Kier molecular flexibility index (Phi) is 5.50. The molecule has 0 aromatic rings. The molecular formula is C10H15ClO4. The van der Waals surface area contributed by atoms with Crippen LogP contribution in [0, 0.1) is 5.41 Å². The van der Waals surface area contributed by atoms with Crippen LogP contribution in [0.3, 0.4) is 0 Å². The van der Waals surface area contributed by atoms with Crippen LogP contribution >= 0.6 is 11.6 Å². The van der Waals surface area contributed by atoms with Gasteiger partial charge < -0.3 is 4.74 Å². The first-order chi connectivity index (χ1) is 6.79. The lowest BCUT2D eigenvalue weighted by molar-refractivity contribution is -0.166. The number of hydrogen-bond acceptors (Lipinski definition) is 4. The van der Waals surface area contributed by atoms with E-state index in [0.717, 1.165) is 0 Å². The van der Waals surface area contributed by atoms with Crippen molar-refractivity contribution in [1.82, 2.24) is 0 Å². The van der Waals surface area contributed by atoms with Crippen LogP contribution in [0.15, 0.2) is 0 Å². The summed E-state index contributed by atoms with van der Waals surface area (Å²) in [6.07, 6.45) is 0.0451. The molecule has 0 aliphatic rings. The zero-order chi connectivity index (χ0) is 12.1. The fourth-order valence-electron chi connectivity index (χ4n) is 0.819. The molecule has 0 unspecified atom stereocenters. The number of halogens is 1. The van der Waals surface area contributed by atoms with Crippen molar-refractivity contribution in [3.63, 3.8) is 0 Å². The lowest BCUT2D eigenvalue weighted by atomic mass is 9.90. The molecule has 0 amide bonds. The summed E-state index contributed by atoms with van der Waals surface area (Å²) < 4.78 is 4.52. The quantitative estimate of drug-likeness (QED) is 0.413. The average Bonchev–Trinajstić information content (AvgIpc) is 2.01. The van der Waals surface area contributed by atoms with Crippen LogP contribution in [0.4, 0.5) is 0 Å². The van der Waals surface area contributed by atoms with Gasteiger partial charge in [-0.2, -0.15) is 0 Å². The lowest BCUT2D eigenvalue weighted by Gasteiger charge is -2.19. The van der Waals surface area contributed by atoms with E-state index in [1.54, 1.807) is 13.8 Å². The molecule has 0 rings (SSSR count). The summed E-state index contributed by atoms with van der Waals surface area (Å²) in [4.78, 5) is 33.0. The van der Waals surface area contributed by atoms with Gasteiger partial charge in [0.1, 0.15) is 12.2 Å². The first-order valence-corrected chi connectivity index (χ1v) is 5.13. The van der Waals surface area contributed by atoms with Crippen molar-refractivity contribution in [2.24, 2.45) is 5.41 Å². The van der Waals surface area contributed by atoms with Crippen molar-refractivity contribution in [3.8, 4) is 0 Å². The monoisotopic (exact) mass is 234 g/mol. The van der Waals surface area contributed by atoms with Gasteiger partial charge in [-0.05, 0) is 27.2 Å². The van der Waals surface area contributed by atoms with Gasteiger partial charge >= 0.3 is 11.9 Å². The van der Waals surface area contributed by atoms with Crippen LogP contribution in [0.25, 0.3) is 0 Å². The Morgan fingerprint density at radius 3 is 2.20 bits per heavy atom. The molecule has 5 heteroatoms. The summed E-state index contributed by atoms with van der Waals surface area (Å²) in [6.45, 7) is 4.53. The molecule has 0 aromatic carbocycles. The normalized spacial score (nSPS) is 10.9. The second kappa shape index (κ2) is 5.85. The van der Waals surface area contributed by atoms with Gasteiger partial charge in [0, 0.05) is 5.88 Å². The average molecular weight is 235 g/mol. The van der Waals surface area contributed by atoms with Gasteiger partial charge in [-0.1, -0.05) is 0 Å². The molecule has 0 saturated heterocycles. The van der Waals surface area contributed by atoms with Crippen LogP contribution in [-0.2, 0) is 19.1 Å². The Hall–Kier alpha value is -0.900. The number of ether oxygens (including phenoxy) is 1. The van der Waals surface area contributed by atoms with Crippen molar-refractivity contribution in [2.45, 2.75) is 33.6 Å². The van der Waals surface area contributed by atoms with E-state index in [0.29, 0.717) is 12.3 Å². The van der Waals surface area contributed by atoms with Crippen LogP contribution < -0.4 is 0 Å². The molecule has 0 bridgehead atoms. The fraction of sp³-hybridized carbons (Fsp3) is 0.700. The SMILES string of the molecule is CC(=O)CC(=O)OC(=O)C(C)(C)CCCl. The summed E-state index contributed by atoms with van der Waals surface area (Å²) in [5.74, 6) is -1.48. The van der Waals surface area contributed by atoms with E-state index in [1.165, 1.54) is 6.92 Å². The molecule has 0 fully saturated rings. The van der Waals surface area contributed by atoms with Crippen molar-refractivity contribution in [2.75, 3.05) is 5.88 Å². The number of carbonyl (C=O) groups is 3. The Bertz CT molecular complexity index is 271. The van der Waals surface area contributed by atoms with Gasteiger partial charge in [-0.25, -0.2) is 0 Å². The molecule has 0 radical (unpaired) electrons. The predicted octanol–water partition coefficient (Wildman–Crippen LogP) is 1.69. The minimum Gasteiger partial charge on any atom is -0.392 e. The first kappa shape index (κ1) is 14.1. The van der Waals surface area contributed by atoms with Gasteiger partial charge in [0.15, 0.2) is 0 Å². The molecule has 0 heterocycles. The largest absolute Gasteiger partial charge is 0.392 e. The van der Waals surface area contributed by atoms with Gasteiger partial charge in [0.05, 0.1) is 5.41 Å². The fourth-order valence-corrected chi connectivity index (χ4v) is 1.29. The number of Topliss-reactive ketones (excluding diaryl/α,β-unsaturated/α-hetero) is 1. The van der Waals surface area contributed by atoms with Crippen LogP contribution in [-0.4, -0.2) is 23.6 Å². The van der Waals surface area contributed by atoms with Crippen molar-refractivity contribution in [3.05, 3.63) is 0 Å². The molecule has 0 saturated carbocycles. The molecule has 0 aliphatic heterocycles. The van der Waals surface area contributed by atoms with E-state index in [9.17, 15) is 14.4 Å². The van der Waals surface area contributed by atoms with Gasteiger partial charge in [0.2, 0.25) is 0 Å². The smallest absolute Gasteiger partial charge is 0.320 e. The number of carbonyl (C=O) groups excluding carboxylic acids is 3. The van der Waals surface area contributed by atoms with Gasteiger partial charge in [-0.3, -0.25) is 14.4 Å². The molecule has 15 heavy (non-hydrogen) atoms. The van der Waals surface area contributed by atoms with Gasteiger partial charge in [0.25, 0.3) is 0 Å². The topological polar surface area (TPSA) is 60.4 Å². The first-order valence-electron chi connectivity index (χ1n) is 4.60. The maximum absolute atomic E-state index is 11.4. The van der Waals surface area contributed by atoms with Crippen molar-refractivity contribution >= 4 is 29.3 Å². The highest BCUT2D eigenvalue weighted by Crippen LogP contribution is 2.22. The molecule has 0 aromatic heterocycles. The minimum absolute atomic E-state index is 0.309. The van der Waals surface area contributed by atoms with E-state index in [4.69, 9.17) is 11.6 Å². The highest BCUT2D eigenvalue weighted by Gasteiger charge is 2.30. The van der Waals surface area contributed by atoms with Crippen molar-refractivity contribution in [1.29, 1.82) is 0 Å². The lowest BCUT2D eigenvalue weighted by Crippen LogP contribution is -2.29.